The molecular formula is C12H22N2. The van der Waals surface area contributed by atoms with E-state index in [-0.39, 0.29) is 6.04 Å². The molecule has 1 aliphatic rings. The van der Waals surface area contributed by atoms with Gasteiger partial charge in [-0.15, -0.1) is 6.42 Å². The number of hydrogen-bond donors (Lipinski definition) is 1. The maximum atomic E-state index is 5.30. The van der Waals surface area contributed by atoms with E-state index < -0.39 is 0 Å². The molecule has 1 heterocycles. The predicted octanol–water partition coefficient (Wildman–Crippen LogP) is 1.47. The molecule has 0 spiro atoms. The van der Waals surface area contributed by atoms with Crippen molar-refractivity contribution in [2.45, 2.75) is 44.7 Å². The van der Waals surface area contributed by atoms with Crippen LogP contribution >= 0.6 is 0 Å². The number of hydrogen-bond acceptors (Lipinski definition) is 2. The number of terminal acetylenes is 1. The van der Waals surface area contributed by atoms with Crippen molar-refractivity contribution in [2.75, 3.05) is 20.1 Å². The average Bonchev–Trinajstić information content (AvgIpc) is 2.20. The van der Waals surface area contributed by atoms with E-state index in [9.17, 15) is 0 Å². The summed E-state index contributed by atoms with van der Waals surface area (Å²) in [5, 5.41) is 3.34. The van der Waals surface area contributed by atoms with Crippen LogP contribution in [0.25, 0.3) is 0 Å². The van der Waals surface area contributed by atoms with Crippen molar-refractivity contribution in [3.8, 4) is 12.3 Å². The maximum absolute atomic E-state index is 5.30. The third-order valence-corrected chi connectivity index (χ3v) is 3.10. The average molecular weight is 194 g/mol. The molecule has 1 saturated heterocycles. The molecule has 1 aliphatic heterocycles. The Morgan fingerprint density at radius 3 is 3.00 bits per heavy atom. The third-order valence-electron chi connectivity index (χ3n) is 3.10. The molecule has 0 aromatic carbocycles. The molecule has 1 rings (SSSR count). The van der Waals surface area contributed by atoms with Crippen LogP contribution in [0.15, 0.2) is 0 Å². The van der Waals surface area contributed by atoms with E-state index in [1.54, 1.807) is 0 Å². The van der Waals surface area contributed by atoms with E-state index in [4.69, 9.17) is 6.42 Å². The molecule has 2 unspecified atom stereocenters. The number of piperidine rings is 1. The van der Waals surface area contributed by atoms with Crippen LogP contribution in [0.1, 0.15) is 32.6 Å². The summed E-state index contributed by atoms with van der Waals surface area (Å²) in [5.74, 6) is 2.69. The molecule has 80 valence electrons. The first-order chi connectivity index (χ1) is 6.74. The summed E-state index contributed by atoms with van der Waals surface area (Å²) in [5.41, 5.74) is 0. The van der Waals surface area contributed by atoms with Gasteiger partial charge in [0.25, 0.3) is 0 Å². The standard InChI is InChI=1S/C12H22N2/c1-4-11(2)13-9-8-12-7-5-6-10-14(12)3/h1,11-13H,5-10H2,2-3H3. The van der Waals surface area contributed by atoms with Gasteiger partial charge in [-0.05, 0) is 46.3 Å². The van der Waals surface area contributed by atoms with Gasteiger partial charge >= 0.3 is 0 Å². The second-order valence-corrected chi connectivity index (χ2v) is 4.26. The summed E-state index contributed by atoms with van der Waals surface area (Å²) in [7, 11) is 2.23. The van der Waals surface area contributed by atoms with Crippen LogP contribution in [-0.4, -0.2) is 37.1 Å². The summed E-state index contributed by atoms with van der Waals surface area (Å²) in [6.45, 7) is 4.33. The highest BCUT2D eigenvalue weighted by atomic mass is 15.1. The zero-order valence-corrected chi connectivity index (χ0v) is 9.42. The lowest BCUT2D eigenvalue weighted by Gasteiger charge is -2.32. The number of nitrogens with one attached hydrogen (secondary N) is 1. The number of likely N-dealkylation sites (tertiary alicyclic amines) is 1. The fourth-order valence-electron chi connectivity index (χ4n) is 2.03. The van der Waals surface area contributed by atoms with E-state index in [2.05, 4.69) is 23.2 Å². The van der Waals surface area contributed by atoms with Gasteiger partial charge in [0.2, 0.25) is 0 Å². The maximum Gasteiger partial charge on any atom is 0.0658 e. The van der Waals surface area contributed by atoms with Gasteiger partial charge in [-0.3, -0.25) is 0 Å². The zero-order valence-electron chi connectivity index (χ0n) is 9.42. The monoisotopic (exact) mass is 194 g/mol. The molecule has 14 heavy (non-hydrogen) atoms. The van der Waals surface area contributed by atoms with Gasteiger partial charge in [0.15, 0.2) is 0 Å². The molecule has 0 aromatic rings. The second kappa shape index (κ2) is 6.06. The number of nitrogens with zero attached hydrogens (tertiary/aromatic N) is 1. The van der Waals surface area contributed by atoms with Crippen LogP contribution in [0, 0.1) is 12.3 Å². The Bertz CT molecular complexity index is 195. The molecule has 0 aromatic heterocycles. The van der Waals surface area contributed by atoms with E-state index in [0.717, 1.165) is 12.6 Å². The van der Waals surface area contributed by atoms with E-state index in [1.807, 2.05) is 6.92 Å². The Morgan fingerprint density at radius 2 is 2.36 bits per heavy atom. The quantitative estimate of drug-likeness (QED) is 0.682. The molecule has 2 atom stereocenters. The van der Waals surface area contributed by atoms with Crippen LogP contribution in [0.2, 0.25) is 0 Å². The Balaban J connectivity index is 2.14. The summed E-state index contributed by atoms with van der Waals surface area (Å²) in [6, 6.07) is 0.977. The molecule has 2 heteroatoms. The minimum Gasteiger partial charge on any atom is -0.304 e. The van der Waals surface area contributed by atoms with Gasteiger partial charge in [0.05, 0.1) is 6.04 Å². The topological polar surface area (TPSA) is 15.3 Å². The minimum atomic E-state index is 0.212. The Kier molecular flexibility index (Phi) is 5.00. The minimum absolute atomic E-state index is 0.212. The smallest absolute Gasteiger partial charge is 0.0658 e. The fraction of sp³-hybridized carbons (Fsp3) is 0.833. The van der Waals surface area contributed by atoms with Crippen LogP contribution < -0.4 is 5.32 Å². The summed E-state index contributed by atoms with van der Waals surface area (Å²) in [4.78, 5) is 2.48. The number of rotatable bonds is 4. The molecule has 0 aliphatic carbocycles. The summed E-state index contributed by atoms with van der Waals surface area (Å²) in [6.07, 6.45) is 10.6. The lowest BCUT2D eigenvalue weighted by molar-refractivity contribution is 0.175. The zero-order chi connectivity index (χ0) is 10.4. The van der Waals surface area contributed by atoms with Gasteiger partial charge in [-0.1, -0.05) is 12.3 Å². The molecule has 0 radical (unpaired) electrons. The Hall–Kier alpha value is -0.520. The van der Waals surface area contributed by atoms with Crippen LogP contribution in [0.5, 0.6) is 0 Å². The van der Waals surface area contributed by atoms with Crippen molar-refractivity contribution >= 4 is 0 Å². The SMILES string of the molecule is C#CC(C)NCCC1CCCCN1C. The fourth-order valence-corrected chi connectivity index (χ4v) is 2.03. The first-order valence-corrected chi connectivity index (χ1v) is 5.64. The lowest BCUT2D eigenvalue weighted by atomic mass is 10.00. The van der Waals surface area contributed by atoms with Gasteiger partial charge in [0, 0.05) is 6.04 Å². The second-order valence-electron chi connectivity index (χ2n) is 4.26. The Morgan fingerprint density at radius 1 is 1.57 bits per heavy atom. The highest BCUT2D eigenvalue weighted by molar-refractivity contribution is 4.95. The third kappa shape index (κ3) is 3.69. The summed E-state index contributed by atoms with van der Waals surface area (Å²) >= 11 is 0. The normalized spacial score (nSPS) is 25.6. The first-order valence-electron chi connectivity index (χ1n) is 5.64. The van der Waals surface area contributed by atoms with Crippen molar-refractivity contribution < 1.29 is 0 Å². The van der Waals surface area contributed by atoms with Crippen molar-refractivity contribution in [1.29, 1.82) is 0 Å². The van der Waals surface area contributed by atoms with Gasteiger partial charge in [-0.2, -0.15) is 0 Å². The molecule has 2 nitrogen and oxygen atoms in total. The molecule has 0 amide bonds. The highest BCUT2D eigenvalue weighted by Crippen LogP contribution is 2.16. The molecular weight excluding hydrogens is 172 g/mol. The van der Waals surface area contributed by atoms with Crippen molar-refractivity contribution in [1.82, 2.24) is 10.2 Å². The molecule has 1 N–H and O–H groups in total. The highest BCUT2D eigenvalue weighted by Gasteiger charge is 2.17. The van der Waals surface area contributed by atoms with E-state index in [1.165, 1.54) is 32.2 Å². The lowest BCUT2D eigenvalue weighted by Crippen LogP contribution is -2.39. The van der Waals surface area contributed by atoms with Crippen molar-refractivity contribution in [3.05, 3.63) is 0 Å². The summed E-state index contributed by atoms with van der Waals surface area (Å²) < 4.78 is 0. The molecule has 0 bridgehead atoms. The first kappa shape index (κ1) is 11.6. The largest absolute Gasteiger partial charge is 0.304 e. The van der Waals surface area contributed by atoms with Gasteiger partial charge in [-0.25, -0.2) is 0 Å². The Labute approximate surface area is 88.1 Å². The van der Waals surface area contributed by atoms with Gasteiger partial charge in [0.1, 0.15) is 0 Å². The van der Waals surface area contributed by atoms with Crippen LogP contribution in [0.3, 0.4) is 0 Å². The van der Waals surface area contributed by atoms with Crippen LogP contribution in [-0.2, 0) is 0 Å². The molecule has 1 fully saturated rings. The van der Waals surface area contributed by atoms with Gasteiger partial charge < -0.3 is 10.2 Å². The van der Waals surface area contributed by atoms with E-state index in [0.29, 0.717) is 0 Å². The van der Waals surface area contributed by atoms with E-state index >= 15 is 0 Å². The predicted molar refractivity (Wildman–Crippen MR) is 61.2 cm³/mol. The van der Waals surface area contributed by atoms with Crippen molar-refractivity contribution in [2.24, 2.45) is 0 Å². The molecule has 0 saturated carbocycles. The van der Waals surface area contributed by atoms with Crippen molar-refractivity contribution in [3.63, 3.8) is 0 Å². The van der Waals surface area contributed by atoms with Crippen LogP contribution in [0.4, 0.5) is 0 Å².